The van der Waals surface area contributed by atoms with Crippen molar-refractivity contribution < 1.29 is 14.4 Å². The molecule has 0 saturated carbocycles. The minimum Gasteiger partial charge on any atom is -0.357 e. The molecular weight excluding hydrogens is 412 g/mol. The van der Waals surface area contributed by atoms with Gasteiger partial charge in [-0.3, -0.25) is 14.4 Å². The fraction of sp³-hybridized carbons (Fsp3) is 0.421. The van der Waals surface area contributed by atoms with Gasteiger partial charge in [-0.25, -0.2) is 0 Å². The van der Waals surface area contributed by atoms with Crippen LogP contribution in [0.25, 0.3) is 10.9 Å². The van der Waals surface area contributed by atoms with Crippen molar-refractivity contribution in [2.75, 3.05) is 32.7 Å². The molecule has 0 bridgehead atoms. The van der Waals surface area contributed by atoms with Crippen molar-refractivity contribution in [3.63, 3.8) is 0 Å². The highest BCUT2D eigenvalue weighted by Gasteiger charge is 2.34. The van der Waals surface area contributed by atoms with Gasteiger partial charge in [-0.05, 0) is 28.9 Å². The van der Waals surface area contributed by atoms with Gasteiger partial charge < -0.3 is 19.7 Å². The number of hydrogen-bond acceptors (Lipinski definition) is 3. The van der Waals surface area contributed by atoms with Gasteiger partial charge in [0.1, 0.15) is 6.54 Å². The van der Waals surface area contributed by atoms with Crippen LogP contribution in [0.5, 0.6) is 0 Å². The number of amides is 3. The predicted octanol–water partition coefficient (Wildman–Crippen LogP) is 1.51. The summed E-state index contributed by atoms with van der Waals surface area (Å²) in [5.41, 5.74) is 3.33. The number of carbonyl (C=O) groups excluding carboxylic acids is 3. The summed E-state index contributed by atoms with van der Waals surface area (Å²) in [5.74, 6) is -1.21. The van der Waals surface area contributed by atoms with Crippen LogP contribution in [0.15, 0.2) is 22.7 Å². The quantitative estimate of drug-likeness (QED) is 0.746. The second-order valence-corrected chi connectivity index (χ2v) is 7.78. The summed E-state index contributed by atoms with van der Waals surface area (Å²) in [7, 11) is 0. The lowest BCUT2D eigenvalue weighted by molar-refractivity contribution is -0.157. The number of fused-ring (bicyclic) bond motifs is 3. The molecule has 1 aromatic heterocycles. The van der Waals surface area contributed by atoms with E-state index in [4.69, 9.17) is 0 Å². The second kappa shape index (κ2) is 6.99. The number of likely N-dealkylation sites (N-methyl/N-ethyl adjacent to an activating group) is 1. The van der Waals surface area contributed by atoms with Crippen molar-refractivity contribution in [1.29, 1.82) is 0 Å². The zero-order chi connectivity index (χ0) is 19.1. The Kier molecular flexibility index (Phi) is 4.67. The maximum atomic E-state index is 12.8. The summed E-state index contributed by atoms with van der Waals surface area (Å²) in [4.78, 5) is 45.2. The Balaban J connectivity index is 1.49. The summed E-state index contributed by atoms with van der Waals surface area (Å²) < 4.78 is 1.00. The molecule has 4 rings (SSSR count). The maximum absolute atomic E-state index is 12.8. The Morgan fingerprint density at radius 2 is 1.89 bits per heavy atom. The molecule has 0 radical (unpaired) electrons. The Hall–Kier alpha value is -2.35. The summed E-state index contributed by atoms with van der Waals surface area (Å²) in [5, 5.41) is 1.11. The van der Waals surface area contributed by atoms with Gasteiger partial charge in [-0.15, -0.1) is 0 Å². The third-order valence-electron chi connectivity index (χ3n) is 5.42. The number of halogens is 1. The van der Waals surface area contributed by atoms with Crippen molar-refractivity contribution in [2.24, 2.45) is 0 Å². The van der Waals surface area contributed by atoms with E-state index < -0.39 is 11.8 Å². The molecule has 7 nitrogen and oxygen atoms in total. The van der Waals surface area contributed by atoms with E-state index in [-0.39, 0.29) is 12.5 Å². The number of nitrogens with zero attached hydrogens (tertiary/aromatic N) is 3. The van der Waals surface area contributed by atoms with Crippen LogP contribution in [0.4, 0.5) is 0 Å². The van der Waals surface area contributed by atoms with E-state index in [2.05, 4.69) is 27.0 Å². The first-order valence-corrected chi connectivity index (χ1v) is 9.92. The van der Waals surface area contributed by atoms with Crippen LogP contribution in [-0.4, -0.2) is 70.1 Å². The van der Waals surface area contributed by atoms with Crippen molar-refractivity contribution >= 4 is 44.6 Å². The third kappa shape index (κ3) is 3.12. The van der Waals surface area contributed by atoms with Gasteiger partial charge >= 0.3 is 11.8 Å². The molecule has 0 aliphatic carbocycles. The number of carbonyl (C=O) groups is 3. The van der Waals surface area contributed by atoms with E-state index in [1.165, 1.54) is 9.80 Å². The van der Waals surface area contributed by atoms with Crippen LogP contribution in [0, 0.1) is 0 Å². The highest BCUT2D eigenvalue weighted by atomic mass is 79.9. The van der Waals surface area contributed by atoms with Gasteiger partial charge in [-0.1, -0.05) is 12.1 Å². The minimum atomic E-state index is -0.579. The van der Waals surface area contributed by atoms with Gasteiger partial charge in [0, 0.05) is 60.3 Å². The molecular formula is C19H21BrN4O3. The van der Waals surface area contributed by atoms with Gasteiger partial charge in [0.05, 0.1) is 5.52 Å². The van der Waals surface area contributed by atoms with Gasteiger partial charge in [0.15, 0.2) is 0 Å². The highest BCUT2D eigenvalue weighted by Crippen LogP contribution is 2.31. The van der Waals surface area contributed by atoms with Crippen LogP contribution in [0.3, 0.4) is 0 Å². The Bertz CT molecular complexity index is 938. The lowest BCUT2D eigenvalue weighted by Crippen LogP contribution is -2.56. The lowest BCUT2D eigenvalue weighted by atomic mass is 10.0. The van der Waals surface area contributed by atoms with Crippen molar-refractivity contribution in [3.8, 4) is 0 Å². The molecule has 1 saturated heterocycles. The van der Waals surface area contributed by atoms with Gasteiger partial charge in [-0.2, -0.15) is 0 Å². The molecule has 1 fully saturated rings. The zero-order valence-corrected chi connectivity index (χ0v) is 16.7. The number of H-pyrrole nitrogens is 1. The van der Waals surface area contributed by atoms with Crippen LogP contribution < -0.4 is 0 Å². The largest absolute Gasteiger partial charge is 0.357 e. The van der Waals surface area contributed by atoms with E-state index in [9.17, 15) is 14.4 Å². The average molecular weight is 433 g/mol. The van der Waals surface area contributed by atoms with E-state index in [0.717, 1.165) is 33.1 Å². The number of aromatic nitrogens is 1. The fourth-order valence-corrected chi connectivity index (χ4v) is 4.31. The fourth-order valence-electron chi connectivity index (χ4n) is 3.85. The molecule has 2 aromatic rings. The van der Waals surface area contributed by atoms with Crippen LogP contribution in [-0.2, 0) is 27.3 Å². The highest BCUT2D eigenvalue weighted by molar-refractivity contribution is 9.10. The summed E-state index contributed by atoms with van der Waals surface area (Å²) in [6.45, 7) is 4.32. The maximum Gasteiger partial charge on any atom is 0.312 e. The molecule has 1 aromatic carbocycles. The lowest BCUT2D eigenvalue weighted by Gasteiger charge is -2.34. The average Bonchev–Trinajstić information content (AvgIpc) is 3.05. The monoisotopic (exact) mass is 432 g/mol. The smallest absolute Gasteiger partial charge is 0.312 e. The van der Waals surface area contributed by atoms with Crippen LogP contribution in [0.1, 0.15) is 18.2 Å². The number of benzene rings is 1. The van der Waals surface area contributed by atoms with E-state index in [1.54, 1.807) is 4.90 Å². The molecule has 2 aliphatic heterocycles. The third-order valence-corrected chi connectivity index (χ3v) is 6.08. The van der Waals surface area contributed by atoms with Gasteiger partial charge in [0.2, 0.25) is 5.91 Å². The first-order chi connectivity index (χ1) is 13.0. The predicted molar refractivity (Wildman–Crippen MR) is 104 cm³/mol. The van der Waals surface area contributed by atoms with E-state index >= 15 is 0 Å². The van der Waals surface area contributed by atoms with Crippen LogP contribution in [0.2, 0.25) is 0 Å². The van der Waals surface area contributed by atoms with Gasteiger partial charge in [0.25, 0.3) is 0 Å². The molecule has 0 atom stereocenters. The molecule has 2 aliphatic rings. The first kappa shape index (κ1) is 18.0. The molecule has 1 N–H and O–H groups in total. The molecule has 3 amide bonds. The number of rotatable bonds is 3. The Labute approximate surface area is 165 Å². The topological polar surface area (TPSA) is 76.7 Å². The van der Waals surface area contributed by atoms with Crippen molar-refractivity contribution in [3.05, 3.63) is 33.9 Å². The number of para-hydroxylation sites is 1. The van der Waals surface area contributed by atoms with E-state index in [1.807, 2.05) is 19.1 Å². The van der Waals surface area contributed by atoms with Crippen molar-refractivity contribution in [1.82, 2.24) is 19.7 Å². The standard InChI is InChI=1S/C19H21BrN4O3/c1-2-22-8-9-24(19(27)18(22)26)11-16(25)23-7-6-15-13(10-23)12-4-3-5-14(20)17(12)21-15/h3-5,21H,2,6-11H2,1H3. The molecule has 0 spiro atoms. The first-order valence-electron chi connectivity index (χ1n) is 9.13. The molecule has 3 heterocycles. The minimum absolute atomic E-state index is 0.0382. The summed E-state index contributed by atoms with van der Waals surface area (Å²) in [6.07, 6.45) is 0.749. The number of hydrogen-bond donors (Lipinski definition) is 1. The summed E-state index contributed by atoms with van der Waals surface area (Å²) >= 11 is 3.56. The van der Waals surface area contributed by atoms with Crippen LogP contribution >= 0.6 is 15.9 Å². The normalized spacial score (nSPS) is 17.6. The molecule has 8 heteroatoms. The number of nitrogens with one attached hydrogen (secondary N) is 1. The second-order valence-electron chi connectivity index (χ2n) is 6.92. The number of aromatic amines is 1. The molecule has 27 heavy (non-hydrogen) atoms. The number of piperazine rings is 1. The molecule has 142 valence electrons. The SMILES string of the molecule is CCN1CCN(CC(=O)N2CCc3[nH]c4c(Br)cccc4c3C2)C(=O)C1=O. The van der Waals surface area contributed by atoms with E-state index in [0.29, 0.717) is 32.7 Å². The van der Waals surface area contributed by atoms with Crippen molar-refractivity contribution in [2.45, 2.75) is 19.9 Å². The summed E-state index contributed by atoms with van der Waals surface area (Å²) in [6, 6.07) is 6.03. The zero-order valence-electron chi connectivity index (χ0n) is 15.1. The Morgan fingerprint density at radius 1 is 1.15 bits per heavy atom. The Morgan fingerprint density at radius 3 is 2.67 bits per heavy atom. The molecule has 0 unspecified atom stereocenters.